The standard InChI is InChI=1S/C15H31NO2/c1-6-18-15(17)9-12-16(10-7-13(2)3)11-8-14(4)5/h13-14H,6-12H2,1-5H3. The number of hydrogen-bond acceptors (Lipinski definition) is 3. The van der Waals surface area contributed by atoms with E-state index in [0.717, 1.165) is 19.6 Å². The average molecular weight is 257 g/mol. The molecular formula is C15H31NO2. The number of hydrogen-bond donors (Lipinski definition) is 0. The van der Waals surface area contributed by atoms with Gasteiger partial charge >= 0.3 is 5.97 Å². The number of rotatable bonds is 10. The van der Waals surface area contributed by atoms with Crippen molar-refractivity contribution in [2.24, 2.45) is 11.8 Å². The van der Waals surface area contributed by atoms with Gasteiger partial charge in [-0.05, 0) is 44.7 Å². The highest BCUT2D eigenvalue weighted by Gasteiger charge is 2.10. The lowest BCUT2D eigenvalue weighted by molar-refractivity contribution is -0.143. The summed E-state index contributed by atoms with van der Waals surface area (Å²) >= 11 is 0. The number of esters is 1. The summed E-state index contributed by atoms with van der Waals surface area (Å²) in [5.74, 6) is 1.36. The van der Waals surface area contributed by atoms with E-state index in [4.69, 9.17) is 4.74 Å². The third kappa shape index (κ3) is 10.6. The van der Waals surface area contributed by atoms with Crippen molar-refractivity contribution < 1.29 is 9.53 Å². The quantitative estimate of drug-likeness (QED) is 0.562. The van der Waals surface area contributed by atoms with E-state index in [1.165, 1.54) is 12.8 Å². The zero-order chi connectivity index (χ0) is 14.0. The van der Waals surface area contributed by atoms with E-state index in [-0.39, 0.29) is 5.97 Å². The maximum atomic E-state index is 11.4. The first kappa shape index (κ1) is 17.4. The van der Waals surface area contributed by atoms with Gasteiger partial charge in [-0.1, -0.05) is 27.7 Å². The van der Waals surface area contributed by atoms with Crippen LogP contribution >= 0.6 is 0 Å². The zero-order valence-corrected chi connectivity index (χ0v) is 12.9. The Hall–Kier alpha value is -0.570. The summed E-state index contributed by atoms with van der Waals surface area (Å²) in [7, 11) is 0. The van der Waals surface area contributed by atoms with E-state index < -0.39 is 0 Å². The van der Waals surface area contributed by atoms with Crippen molar-refractivity contribution in [3.05, 3.63) is 0 Å². The van der Waals surface area contributed by atoms with Crippen LogP contribution in [0.15, 0.2) is 0 Å². The van der Waals surface area contributed by atoms with E-state index in [0.29, 0.717) is 24.9 Å². The second kappa shape index (κ2) is 10.4. The molecule has 0 unspecified atom stereocenters. The smallest absolute Gasteiger partial charge is 0.307 e. The Bertz CT molecular complexity index is 203. The number of carbonyl (C=O) groups is 1. The molecule has 0 aliphatic rings. The Kier molecular flexibility index (Phi) is 10.0. The summed E-state index contributed by atoms with van der Waals surface area (Å²) in [6, 6.07) is 0. The SMILES string of the molecule is CCOC(=O)CCN(CCC(C)C)CCC(C)C. The predicted molar refractivity (Wildman–Crippen MR) is 76.6 cm³/mol. The van der Waals surface area contributed by atoms with Crippen molar-refractivity contribution in [1.29, 1.82) is 0 Å². The van der Waals surface area contributed by atoms with Gasteiger partial charge in [0, 0.05) is 6.54 Å². The molecule has 0 spiro atoms. The van der Waals surface area contributed by atoms with Gasteiger partial charge in [-0.15, -0.1) is 0 Å². The lowest BCUT2D eigenvalue weighted by atomic mass is 10.1. The fraction of sp³-hybridized carbons (Fsp3) is 0.933. The van der Waals surface area contributed by atoms with E-state index in [2.05, 4.69) is 32.6 Å². The van der Waals surface area contributed by atoms with Gasteiger partial charge in [-0.25, -0.2) is 0 Å². The van der Waals surface area contributed by atoms with Gasteiger partial charge in [-0.2, -0.15) is 0 Å². The topological polar surface area (TPSA) is 29.5 Å². The summed E-state index contributed by atoms with van der Waals surface area (Å²) in [6.45, 7) is 14.3. The van der Waals surface area contributed by atoms with Crippen LogP contribution in [0, 0.1) is 11.8 Å². The minimum absolute atomic E-state index is 0.0726. The normalized spacial score (nSPS) is 11.6. The number of nitrogens with zero attached hydrogens (tertiary/aromatic N) is 1. The van der Waals surface area contributed by atoms with Crippen LogP contribution in [0.3, 0.4) is 0 Å². The maximum absolute atomic E-state index is 11.4. The predicted octanol–water partition coefficient (Wildman–Crippen LogP) is 3.33. The molecule has 0 saturated heterocycles. The van der Waals surface area contributed by atoms with Gasteiger partial charge in [0.05, 0.1) is 13.0 Å². The van der Waals surface area contributed by atoms with Crippen molar-refractivity contribution in [1.82, 2.24) is 4.90 Å². The third-order valence-electron chi connectivity index (χ3n) is 2.98. The monoisotopic (exact) mass is 257 g/mol. The molecule has 0 saturated carbocycles. The van der Waals surface area contributed by atoms with Gasteiger partial charge in [0.2, 0.25) is 0 Å². The maximum Gasteiger partial charge on any atom is 0.307 e. The lowest BCUT2D eigenvalue weighted by Crippen LogP contribution is -2.30. The van der Waals surface area contributed by atoms with E-state index >= 15 is 0 Å². The molecule has 0 aliphatic heterocycles. The molecule has 0 N–H and O–H groups in total. The van der Waals surface area contributed by atoms with Gasteiger partial charge in [0.1, 0.15) is 0 Å². The van der Waals surface area contributed by atoms with Crippen LogP contribution in [0.2, 0.25) is 0 Å². The summed E-state index contributed by atoms with van der Waals surface area (Å²) in [5.41, 5.74) is 0. The van der Waals surface area contributed by atoms with Crippen LogP contribution in [-0.2, 0) is 9.53 Å². The average Bonchev–Trinajstić information content (AvgIpc) is 2.27. The largest absolute Gasteiger partial charge is 0.466 e. The summed E-state index contributed by atoms with van der Waals surface area (Å²) in [6.07, 6.45) is 2.91. The molecule has 0 aromatic rings. The van der Waals surface area contributed by atoms with Gasteiger partial charge in [0.15, 0.2) is 0 Å². The molecule has 0 atom stereocenters. The first-order valence-corrected chi connectivity index (χ1v) is 7.33. The zero-order valence-electron chi connectivity index (χ0n) is 12.9. The van der Waals surface area contributed by atoms with E-state index in [9.17, 15) is 4.79 Å². The van der Waals surface area contributed by atoms with Crippen molar-refractivity contribution in [3.63, 3.8) is 0 Å². The Morgan fingerprint density at radius 3 is 1.89 bits per heavy atom. The summed E-state index contributed by atoms with van der Waals surface area (Å²) in [5, 5.41) is 0. The first-order valence-electron chi connectivity index (χ1n) is 7.33. The minimum atomic E-state index is -0.0726. The molecule has 0 radical (unpaired) electrons. The van der Waals surface area contributed by atoms with Crippen LogP contribution in [0.5, 0.6) is 0 Å². The van der Waals surface area contributed by atoms with Crippen LogP contribution < -0.4 is 0 Å². The molecule has 0 aromatic carbocycles. The first-order chi connectivity index (χ1) is 8.45. The summed E-state index contributed by atoms with van der Waals surface area (Å²) < 4.78 is 4.98. The molecule has 18 heavy (non-hydrogen) atoms. The highest BCUT2D eigenvalue weighted by Crippen LogP contribution is 2.07. The van der Waals surface area contributed by atoms with Crippen molar-refractivity contribution in [2.75, 3.05) is 26.2 Å². The molecular weight excluding hydrogens is 226 g/mol. The second-order valence-electron chi connectivity index (χ2n) is 5.76. The third-order valence-corrected chi connectivity index (χ3v) is 2.98. The minimum Gasteiger partial charge on any atom is -0.466 e. The fourth-order valence-corrected chi connectivity index (χ4v) is 1.70. The Labute approximate surface area is 113 Å². The Balaban J connectivity index is 3.98. The van der Waals surface area contributed by atoms with Crippen molar-refractivity contribution in [2.45, 2.75) is 53.9 Å². The van der Waals surface area contributed by atoms with Crippen LogP contribution in [0.4, 0.5) is 0 Å². The highest BCUT2D eigenvalue weighted by molar-refractivity contribution is 5.69. The molecule has 0 heterocycles. The van der Waals surface area contributed by atoms with Crippen LogP contribution in [-0.4, -0.2) is 37.1 Å². The molecule has 3 nitrogen and oxygen atoms in total. The van der Waals surface area contributed by atoms with Gasteiger partial charge in [-0.3, -0.25) is 4.79 Å². The van der Waals surface area contributed by atoms with Crippen molar-refractivity contribution >= 4 is 5.97 Å². The summed E-state index contributed by atoms with van der Waals surface area (Å²) in [4.78, 5) is 13.8. The molecule has 108 valence electrons. The Morgan fingerprint density at radius 1 is 1.00 bits per heavy atom. The van der Waals surface area contributed by atoms with Crippen molar-refractivity contribution in [3.8, 4) is 0 Å². The van der Waals surface area contributed by atoms with E-state index in [1.807, 2.05) is 6.92 Å². The molecule has 0 fully saturated rings. The highest BCUT2D eigenvalue weighted by atomic mass is 16.5. The lowest BCUT2D eigenvalue weighted by Gasteiger charge is -2.23. The second-order valence-corrected chi connectivity index (χ2v) is 5.76. The molecule has 3 heteroatoms. The van der Waals surface area contributed by atoms with Crippen LogP contribution in [0.25, 0.3) is 0 Å². The van der Waals surface area contributed by atoms with Crippen LogP contribution in [0.1, 0.15) is 53.9 Å². The Morgan fingerprint density at radius 2 is 1.50 bits per heavy atom. The fourth-order valence-electron chi connectivity index (χ4n) is 1.70. The number of carbonyl (C=O) groups excluding carboxylic acids is 1. The molecule has 0 bridgehead atoms. The molecule has 0 amide bonds. The molecule has 0 aliphatic carbocycles. The molecule has 0 rings (SSSR count). The van der Waals surface area contributed by atoms with E-state index in [1.54, 1.807) is 0 Å². The molecule has 0 aromatic heterocycles. The van der Waals surface area contributed by atoms with Gasteiger partial charge in [0.25, 0.3) is 0 Å². The van der Waals surface area contributed by atoms with Gasteiger partial charge < -0.3 is 9.64 Å². The number of ether oxygens (including phenoxy) is 1.